The second kappa shape index (κ2) is 5.51. The standard InChI is InChI=1S/C16H25N3/c1-13-5-3-6-16(14(13)2)19-8-4-7-18(9-10-19)15-11-17-12-15/h3,5-6,15,17H,4,7-12H2,1-2H3. The summed E-state index contributed by atoms with van der Waals surface area (Å²) in [6.45, 7) is 11.7. The van der Waals surface area contributed by atoms with E-state index in [0.717, 1.165) is 6.04 Å². The highest BCUT2D eigenvalue weighted by Gasteiger charge is 2.26. The lowest BCUT2D eigenvalue weighted by Crippen LogP contribution is -2.57. The SMILES string of the molecule is Cc1cccc(N2CCCN(C3CNC3)CC2)c1C. The zero-order valence-corrected chi connectivity index (χ0v) is 12.2. The molecule has 19 heavy (non-hydrogen) atoms. The Bertz CT molecular complexity index is 440. The lowest BCUT2D eigenvalue weighted by molar-refractivity contribution is 0.155. The number of anilines is 1. The van der Waals surface area contributed by atoms with Crippen molar-refractivity contribution < 1.29 is 0 Å². The maximum atomic E-state index is 3.38. The van der Waals surface area contributed by atoms with E-state index in [1.807, 2.05) is 0 Å². The Hall–Kier alpha value is -1.06. The fourth-order valence-electron chi connectivity index (χ4n) is 3.15. The van der Waals surface area contributed by atoms with Crippen LogP contribution in [0.15, 0.2) is 18.2 Å². The minimum atomic E-state index is 0.790. The van der Waals surface area contributed by atoms with Crippen LogP contribution in [0.25, 0.3) is 0 Å². The topological polar surface area (TPSA) is 18.5 Å². The molecule has 2 saturated heterocycles. The van der Waals surface area contributed by atoms with Crippen molar-refractivity contribution in [2.75, 3.05) is 44.2 Å². The predicted molar refractivity (Wildman–Crippen MR) is 81.0 cm³/mol. The summed E-state index contributed by atoms with van der Waals surface area (Å²) in [6.07, 6.45) is 1.28. The largest absolute Gasteiger partial charge is 0.370 e. The van der Waals surface area contributed by atoms with E-state index >= 15 is 0 Å². The molecule has 0 aliphatic carbocycles. The fraction of sp³-hybridized carbons (Fsp3) is 0.625. The van der Waals surface area contributed by atoms with Crippen molar-refractivity contribution in [1.82, 2.24) is 10.2 Å². The molecule has 3 nitrogen and oxygen atoms in total. The van der Waals surface area contributed by atoms with E-state index in [9.17, 15) is 0 Å². The maximum absolute atomic E-state index is 3.38. The predicted octanol–water partition coefficient (Wildman–Crippen LogP) is 1.79. The van der Waals surface area contributed by atoms with E-state index in [-0.39, 0.29) is 0 Å². The highest BCUT2D eigenvalue weighted by atomic mass is 15.3. The van der Waals surface area contributed by atoms with E-state index in [1.54, 1.807) is 0 Å². The van der Waals surface area contributed by atoms with Gasteiger partial charge in [-0.05, 0) is 37.5 Å². The third-order valence-corrected chi connectivity index (χ3v) is 4.72. The molecule has 0 saturated carbocycles. The summed E-state index contributed by atoms with van der Waals surface area (Å²) in [5.41, 5.74) is 4.29. The molecule has 3 heteroatoms. The Morgan fingerprint density at radius 1 is 1.05 bits per heavy atom. The van der Waals surface area contributed by atoms with Crippen LogP contribution in [0.5, 0.6) is 0 Å². The molecule has 3 rings (SSSR count). The van der Waals surface area contributed by atoms with Gasteiger partial charge in [-0.3, -0.25) is 4.90 Å². The van der Waals surface area contributed by atoms with Gasteiger partial charge in [-0.25, -0.2) is 0 Å². The Morgan fingerprint density at radius 2 is 1.89 bits per heavy atom. The first-order chi connectivity index (χ1) is 9.25. The van der Waals surface area contributed by atoms with E-state index in [2.05, 4.69) is 47.2 Å². The van der Waals surface area contributed by atoms with Crippen molar-refractivity contribution in [3.05, 3.63) is 29.3 Å². The van der Waals surface area contributed by atoms with Gasteiger partial charge in [0.2, 0.25) is 0 Å². The van der Waals surface area contributed by atoms with Crippen molar-refractivity contribution in [2.24, 2.45) is 0 Å². The molecule has 2 aliphatic rings. The molecule has 104 valence electrons. The summed E-state index contributed by atoms with van der Waals surface area (Å²) in [5.74, 6) is 0. The number of nitrogens with one attached hydrogen (secondary N) is 1. The summed E-state index contributed by atoms with van der Waals surface area (Å²) < 4.78 is 0. The van der Waals surface area contributed by atoms with Crippen molar-refractivity contribution in [3.63, 3.8) is 0 Å². The molecule has 0 aromatic heterocycles. The lowest BCUT2D eigenvalue weighted by atomic mass is 10.1. The zero-order chi connectivity index (χ0) is 13.2. The van der Waals surface area contributed by atoms with Crippen LogP contribution in [0.2, 0.25) is 0 Å². The molecule has 2 aliphatic heterocycles. The van der Waals surface area contributed by atoms with Gasteiger partial charge in [-0.1, -0.05) is 12.1 Å². The van der Waals surface area contributed by atoms with Gasteiger partial charge in [-0.2, -0.15) is 0 Å². The number of hydrogen-bond donors (Lipinski definition) is 1. The summed E-state index contributed by atoms with van der Waals surface area (Å²) in [5, 5.41) is 3.38. The molecule has 2 fully saturated rings. The lowest BCUT2D eigenvalue weighted by Gasteiger charge is -2.37. The Kier molecular flexibility index (Phi) is 3.76. The van der Waals surface area contributed by atoms with E-state index in [4.69, 9.17) is 0 Å². The second-order valence-corrected chi connectivity index (χ2v) is 5.91. The molecule has 0 radical (unpaired) electrons. The minimum absolute atomic E-state index is 0.790. The van der Waals surface area contributed by atoms with Crippen molar-refractivity contribution in [3.8, 4) is 0 Å². The van der Waals surface area contributed by atoms with Crippen molar-refractivity contribution in [2.45, 2.75) is 26.3 Å². The highest BCUT2D eigenvalue weighted by molar-refractivity contribution is 5.56. The number of nitrogens with zero attached hydrogens (tertiary/aromatic N) is 2. The van der Waals surface area contributed by atoms with E-state index < -0.39 is 0 Å². The minimum Gasteiger partial charge on any atom is -0.370 e. The molecule has 0 amide bonds. The quantitative estimate of drug-likeness (QED) is 0.873. The van der Waals surface area contributed by atoms with Gasteiger partial charge < -0.3 is 10.2 Å². The maximum Gasteiger partial charge on any atom is 0.0399 e. The van der Waals surface area contributed by atoms with Gasteiger partial charge in [0.1, 0.15) is 0 Å². The third kappa shape index (κ3) is 2.63. The average Bonchev–Trinajstić information content (AvgIpc) is 2.57. The molecule has 0 atom stereocenters. The number of benzene rings is 1. The van der Waals surface area contributed by atoms with E-state index in [0.29, 0.717) is 0 Å². The van der Waals surface area contributed by atoms with Crippen molar-refractivity contribution in [1.29, 1.82) is 0 Å². The van der Waals surface area contributed by atoms with Crippen LogP contribution >= 0.6 is 0 Å². The summed E-state index contributed by atoms with van der Waals surface area (Å²) in [7, 11) is 0. The van der Waals surface area contributed by atoms with Gasteiger partial charge in [0.05, 0.1) is 0 Å². The first kappa shape index (κ1) is 12.9. The molecular formula is C16H25N3. The molecule has 0 unspecified atom stereocenters. The van der Waals surface area contributed by atoms with Gasteiger partial charge in [0.15, 0.2) is 0 Å². The van der Waals surface area contributed by atoms with Crippen LogP contribution in [0.1, 0.15) is 17.5 Å². The monoisotopic (exact) mass is 259 g/mol. The zero-order valence-electron chi connectivity index (χ0n) is 12.2. The van der Waals surface area contributed by atoms with Crippen molar-refractivity contribution >= 4 is 5.69 Å². The molecule has 0 bridgehead atoms. The molecular weight excluding hydrogens is 234 g/mol. The number of hydrogen-bond acceptors (Lipinski definition) is 3. The summed E-state index contributed by atoms with van der Waals surface area (Å²) in [6, 6.07) is 7.47. The van der Waals surface area contributed by atoms with Crippen LogP contribution in [0.4, 0.5) is 5.69 Å². The third-order valence-electron chi connectivity index (χ3n) is 4.72. The van der Waals surface area contributed by atoms with Gasteiger partial charge in [0.25, 0.3) is 0 Å². The summed E-state index contributed by atoms with van der Waals surface area (Å²) >= 11 is 0. The highest BCUT2D eigenvalue weighted by Crippen LogP contribution is 2.24. The first-order valence-electron chi connectivity index (χ1n) is 7.51. The van der Waals surface area contributed by atoms with Crippen LogP contribution in [-0.4, -0.2) is 50.2 Å². The van der Waals surface area contributed by atoms with E-state index in [1.165, 1.54) is 62.5 Å². The Labute approximate surface area is 116 Å². The smallest absolute Gasteiger partial charge is 0.0399 e. The Balaban J connectivity index is 1.70. The average molecular weight is 259 g/mol. The molecule has 1 N–H and O–H groups in total. The number of rotatable bonds is 2. The fourth-order valence-corrected chi connectivity index (χ4v) is 3.15. The first-order valence-corrected chi connectivity index (χ1v) is 7.51. The summed E-state index contributed by atoms with van der Waals surface area (Å²) in [4.78, 5) is 5.25. The van der Waals surface area contributed by atoms with Crippen LogP contribution in [0, 0.1) is 13.8 Å². The molecule has 2 heterocycles. The van der Waals surface area contributed by atoms with Crippen LogP contribution < -0.4 is 10.2 Å². The second-order valence-electron chi connectivity index (χ2n) is 5.91. The van der Waals surface area contributed by atoms with Gasteiger partial charge in [0, 0.05) is 51.0 Å². The van der Waals surface area contributed by atoms with Crippen LogP contribution in [-0.2, 0) is 0 Å². The van der Waals surface area contributed by atoms with Gasteiger partial charge in [-0.15, -0.1) is 0 Å². The molecule has 0 spiro atoms. The Morgan fingerprint density at radius 3 is 2.63 bits per heavy atom. The van der Waals surface area contributed by atoms with Crippen LogP contribution in [0.3, 0.4) is 0 Å². The molecule has 1 aromatic rings. The normalized spacial score (nSPS) is 22.1. The number of aryl methyl sites for hydroxylation is 1. The van der Waals surface area contributed by atoms with Gasteiger partial charge >= 0.3 is 0 Å². The molecule has 1 aromatic carbocycles.